The Bertz CT molecular complexity index is 604. The molecule has 0 aromatic carbocycles. The Balaban J connectivity index is 1.60. The maximum atomic E-state index is 13.0. The minimum Gasteiger partial charge on any atom is -0.480 e. The van der Waals surface area contributed by atoms with Crippen LogP contribution in [0.2, 0.25) is 0 Å². The molecule has 4 bridgehead atoms. The van der Waals surface area contributed by atoms with Crippen LogP contribution in [-0.4, -0.2) is 22.9 Å². The van der Waals surface area contributed by atoms with Crippen molar-refractivity contribution in [2.75, 3.05) is 12.4 Å². The number of carbonyl (C=O) groups excluding carboxylic acids is 1. The highest BCUT2D eigenvalue weighted by molar-refractivity contribution is 6.24. The summed E-state index contributed by atoms with van der Waals surface area (Å²) in [7, 11) is 1.57. The molecule has 0 aliphatic heterocycles. The van der Waals surface area contributed by atoms with Crippen LogP contribution in [0.1, 0.15) is 38.5 Å². The monoisotopic (exact) mass is 320 g/mol. The van der Waals surface area contributed by atoms with Crippen molar-refractivity contribution in [2.24, 2.45) is 17.3 Å². The highest BCUT2D eigenvalue weighted by atomic mass is 35.5. The number of hydrogen-bond acceptors (Lipinski definition) is 3. The van der Waals surface area contributed by atoms with Crippen molar-refractivity contribution < 1.29 is 9.53 Å². The van der Waals surface area contributed by atoms with Gasteiger partial charge in [0.1, 0.15) is 5.69 Å². The second-order valence-electron chi connectivity index (χ2n) is 7.41. The summed E-state index contributed by atoms with van der Waals surface area (Å²) in [5.74, 6) is 1.78. The van der Waals surface area contributed by atoms with Gasteiger partial charge < -0.3 is 10.1 Å². The van der Waals surface area contributed by atoms with Crippen molar-refractivity contribution in [3.63, 3.8) is 0 Å². The SMILES string of the molecule is COc1ncccc1NC(=O)C12CC3CC(CC(Cl)(C3)C1)C2. The van der Waals surface area contributed by atoms with Crippen LogP contribution >= 0.6 is 11.6 Å². The predicted molar refractivity (Wildman–Crippen MR) is 85.1 cm³/mol. The van der Waals surface area contributed by atoms with Crippen LogP contribution in [0, 0.1) is 17.3 Å². The van der Waals surface area contributed by atoms with Gasteiger partial charge in [-0.3, -0.25) is 4.79 Å². The van der Waals surface area contributed by atoms with Gasteiger partial charge in [-0.25, -0.2) is 4.98 Å². The standard InChI is InChI=1S/C17H21ClN2O2/c1-22-14-13(3-2-4-19-14)20-15(21)16-6-11-5-12(7-16)9-17(18,8-11)10-16/h2-4,11-12H,5-10H2,1H3,(H,20,21). The minimum absolute atomic E-state index is 0.0953. The summed E-state index contributed by atoms with van der Waals surface area (Å²) in [5.41, 5.74) is 0.349. The van der Waals surface area contributed by atoms with E-state index < -0.39 is 0 Å². The number of rotatable bonds is 3. The summed E-state index contributed by atoms with van der Waals surface area (Å²) in [5, 5.41) is 3.05. The molecule has 1 aromatic rings. The summed E-state index contributed by atoms with van der Waals surface area (Å²) in [6.07, 6.45) is 7.83. The topological polar surface area (TPSA) is 51.2 Å². The lowest BCUT2D eigenvalue weighted by Gasteiger charge is -2.59. The summed E-state index contributed by atoms with van der Waals surface area (Å²) in [6.45, 7) is 0. The molecule has 0 saturated heterocycles. The molecule has 4 aliphatic carbocycles. The van der Waals surface area contributed by atoms with Crippen LogP contribution in [0.4, 0.5) is 5.69 Å². The van der Waals surface area contributed by atoms with Crippen molar-refractivity contribution in [1.29, 1.82) is 0 Å². The molecular weight excluding hydrogens is 300 g/mol. The Kier molecular flexibility index (Phi) is 3.16. The van der Waals surface area contributed by atoms with Gasteiger partial charge in [-0.15, -0.1) is 11.6 Å². The quantitative estimate of drug-likeness (QED) is 0.866. The van der Waals surface area contributed by atoms with E-state index in [9.17, 15) is 4.79 Å². The zero-order valence-electron chi connectivity index (χ0n) is 12.8. The summed E-state index contributed by atoms with van der Waals surface area (Å²) in [4.78, 5) is 17.0. The van der Waals surface area contributed by atoms with Crippen molar-refractivity contribution in [1.82, 2.24) is 4.98 Å². The third kappa shape index (κ3) is 2.19. The fourth-order valence-corrected chi connectivity index (χ4v) is 6.01. The summed E-state index contributed by atoms with van der Waals surface area (Å²) >= 11 is 6.81. The van der Waals surface area contributed by atoms with Crippen LogP contribution in [0.3, 0.4) is 0 Å². The van der Waals surface area contributed by atoms with Gasteiger partial charge in [-0.2, -0.15) is 0 Å². The summed E-state index contributed by atoms with van der Waals surface area (Å²) < 4.78 is 5.23. The number of nitrogens with zero attached hydrogens (tertiary/aromatic N) is 1. The molecule has 5 rings (SSSR count). The van der Waals surface area contributed by atoms with Crippen LogP contribution in [0.25, 0.3) is 0 Å². The van der Waals surface area contributed by atoms with Crippen molar-refractivity contribution in [3.8, 4) is 5.88 Å². The number of pyridine rings is 1. The minimum atomic E-state index is -0.299. The fourth-order valence-electron chi connectivity index (χ4n) is 5.32. The third-order valence-electron chi connectivity index (χ3n) is 5.68. The molecule has 0 spiro atoms. The van der Waals surface area contributed by atoms with E-state index in [2.05, 4.69) is 10.3 Å². The molecule has 1 N–H and O–H groups in total. The van der Waals surface area contributed by atoms with E-state index >= 15 is 0 Å². The maximum Gasteiger partial charge on any atom is 0.237 e. The molecule has 2 unspecified atom stereocenters. The molecule has 1 heterocycles. The fraction of sp³-hybridized carbons (Fsp3) is 0.647. The lowest BCUT2D eigenvalue weighted by Crippen LogP contribution is -2.57. The number of nitrogens with one attached hydrogen (secondary N) is 1. The van der Waals surface area contributed by atoms with Gasteiger partial charge in [-0.1, -0.05) is 0 Å². The molecule has 4 saturated carbocycles. The lowest BCUT2D eigenvalue weighted by atomic mass is 9.49. The highest BCUT2D eigenvalue weighted by Gasteiger charge is 2.60. The Morgan fingerprint density at radius 1 is 1.36 bits per heavy atom. The second kappa shape index (κ2) is 4.85. The molecule has 4 aliphatic rings. The van der Waals surface area contributed by atoms with Gasteiger partial charge in [0.05, 0.1) is 12.5 Å². The molecule has 1 amide bonds. The van der Waals surface area contributed by atoms with Crippen LogP contribution in [0.15, 0.2) is 18.3 Å². The Morgan fingerprint density at radius 3 is 2.73 bits per heavy atom. The van der Waals surface area contributed by atoms with E-state index in [0.29, 0.717) is 23.4 Å². The molecule has 2 atom stereocenters. The zero-order valence-corrected chi connectivity index (χ0v) is 13.5. The van der Waals surface area contributed by atoms with Gasteiger partial charge in [0.2, 0.25) is 11.8 Å². The average Bonchev–Trinajstić information content (AvgIpc) is 2.45. The summed E-state index contributed by atoms with van der Waals surface area (Å²) in [6, 6.07) is 3.64. The Morgan fingerprint density at radius 2 is 2.09 bits per heavy atom. The molecule has 1 aromatic heterocycles. The van der Waals surface area contributed by atoms with E-state index in [4.69, 9.17) is 16.3 Å². The van der Waals surface area contributed by atoms with Crippen LogP contribution in [0.5, 0.6) is 5.88 Å². The first-order valence-corrected chi connectivity index (χ1v) is 8.39. The number of halogens is 1. The number of carbonyl (C=O) groups is 1. The number of amides is 1. The number of ether oxygens (including phenoxy) is 1. The van der Waals surface area contributed by atoms with Gasteiger partial charge in [0.25, 0.3) is 0 Å². The molecule has 22 heavy (non-hydrogen) atoms. The van der Waals surface area contributed by atoms with Crippen molar-refractivity contribution >= 4 is 23.2 Å². The van der Waals surface area contributed by atoms with E-state index in [-0.39, 0.29) is 16.2 Å². The number of aromatic nitrogens is 1. The normalized spacial score (nSPS) is 38.8. The molecule has 0 radical (unpaired) electrons. The number of alkyl halides is 1. The van der Waals surface area contributed by atoms with Crippen molar-refractivity contribution in [3.05, 3.63) is 18.3 Å². The number of methoxy groups -OCH3 is 1. The molecule has 4 nitrogen and oxygen atoms in total. The maximum absolute atomic E-state index is 13.0. The average molecular weight is 321 g/mol. The first-order valence-electron chi connectivity index (χ1n) is 8.01. The van der Waals surface area contributed by atoms with E-state index in [1.807, 2.05) is 6.07 Å². The van der Waals surface area contributed by atoms with E-state index in [1.54, 1.807) is 19.4 Å². The lowest BCUT2D eigenvalue weighted by molar-refractivity contribution is -0.138. The van der Waals surface area contributed by atoms with Gasteiger partial charge in [-0.05, 0) is 62.5 Å². The number of anilines is 1. The first kappa shape index (κ1) is 14.3. The Hall–Kier alpha value is -1.29. The largest absolute Gasteiger partial charge is 0.480 e. The second-order valence-corrected chi connectivity index (χ2v) is 8.21. The molecule has 118 valence electrons. The molecule has 5 heteroatoms. The van der Waals surface area contributed by atoms with Gasteiger partial charge >= 0.3 is 0 Å². The molecule has 4 fully saturated rings. The smallest absolute Gasteiger partial charge is 0.237 e. The van der Waals surface area contributed by atoms with Crippen LogP contribution in [-0.2, 0) is 4.79 Å². The van der Waals surface area contributed by atoms with Gasteiger partial charge in [0.15, 0.2) is 0 Å². The zero-order chi connectivity index (χ0) is 15.4. The van der Waals surface area contributed by atoms with E-state index in [1.165, 1.54) is 6.42 Å². The highest BCUT2D eigenvalue weighted by Crippen LogP contribution is 2.64. The van der Waals surface area contributed by atoms with Crippen molar-refractivity contribution in [2.45, 2.75) is 43.4 Å². The predicted octanol–water partition coefficient (Wildman–Crippen LogP) is 3.61. The van der Waals surface area contributed by atoms with Gasteiger partial charge in [0, 0.05) is 11.1 Å². The van der Waals surface area contributed by atoms with E-state index in [0.717, 1.165) is 32.1 Å². The molecular formula is C17H21ClN2O2. The Labute approximate surface area is 135 Å². The first-order chi connectivity index (χ1) is 10.5. The third-order valence-corrected chi connectivity index (χ3v) is 6.13. The number of hydrogen-bond donors (Lipinski definition) is 1. The van der Waals surface area contributed by atoms with Crippen LogP contribution < -0.4 is 10.1 Å².